The Balaban J connectivity index is 1.31. The molecule has 5 aromatic rings. The Labute approximate surface area is 234 Å². The van der Waals surface area contributed by atoms with Crippen molar-refractivity contribution in [3.63, 3.8) is 0 Å². The molecule has 1 unspecified atom stereocenters. The first-order valence-corrected chi connectivity index (χ1v) is 13.7. The Morgan fingerprint density at radius 2 is 1.82 bits per heavy atom. The Kier molecular flexibility index (Phi) is 7.13. The molecule has 0 bridgehead atoms. The number of pyridine rings is 2. The van der Waals surface area contributed by atoms with E-state index in [0.29, 0.717) is 11.7 Å². The number of fused-ring (bicyclic) bond motifs is 1. The summed E-state index contributed by atoms with van der Waals surface area (Å²) in [6.45, 7) is 3.90. The van der Waals surface area contributed by atoms with E-state index in [1.165, 1.54) is 12.0 Å². The first-order chi connectivity index (χ1) is 19.6. The van der Waals surface area contributed by atoms with Gasteiger partial charge < -0.3 is 10.6 Å². The lowest BCUT2D eigenvalue weighted by Gasteiger charge is -2.17. The van der Waals surface area contributed by atoms with Gasteiger partial charge in [-0.1, -0.05) is 42.5 Å². The van der Waals surface area contributed by atoms with Gasteiger partial charge in [0.1, 0.15) is 11.3 Å². The van der Waals surface area contributed by atoms with Crippen LogP contribution in [0, 0.1) is 17.4 Å². The minimum atomic E-state index is 0.434. The largest absolute Gasteiger partial charge is 0.383 e. The Hall–Kier alpha value is -4.74. The van der Waals surface area contributed by atoms with Crippen LogP contribution in [-0.4, -0.2) is 56.0 Å². The van der Waals surface area contributed by atoms with Gasteiger partial charge in [-0.3, -0.25) is 9.47 Å². The van der Waals surface area contributed by atoms with Crippen molar-refractivity contribution in [1.82, 2.24) is 29.3 Å². The van der Waals surface area contributed by atoms with Gasteiger partial charge in [-0.2, -0.15) is 5.26 Å². The first-order valence-electron chi connectivity index (χ1n) is 13.7. The van der Waals surface area contributed by atoms with Crippen LogP contribution in [0.15, 0.2) is 85.1 Å². The van der Waals surface area contributed by atoms with Crippen molar-refractivity contribution in [1.29, 1.82) is 5.26 Å². The molecule has 0 radical (unpaired) electrons. The number of hydrogen-bond donors (Lipinski definition) is 1. The van der Waals surface area contributed by atoms with E-state index in [1.54, 1.807) is 11.1 Å². The molecule has 4 heterocycles. The smallest absolute Gasteiger partial charge is 0.179 e. The number of likely N-dealkylation sites (tertiary alicyclic amines) is 1. The minimum Gasteiger partial charge on any atom is -0.383 e. The molecular weight excluding hydrogens is 496 g/mol. The molecule has 2 N–H and O–H groups in total. The van der Waals surface area contributed by atoms with Crippen LogP contribution in [0.25, 0.3) is 39.5 Å². The standard InChI is InChI=1S/C32H32N8/c1-38(22-33)18-15-24-16-19-39(21-24)20-23-9-11-26(12-10-23)40-31(27-8-5-17-35-30(27)34)37-29-14-13-28(36-32(29)40)25-6-3-2-4-7-25/h2-14,17,24H,15-16,18-21H2,1H3,(H2,34,35). The van der Waals surface area contributed by atoms with Crippen molar-refractivity contribution in [2.24, 2.45) is 5.92 Å². The van der Waals surface area contributed by atoms with E-state index < -0.39 is 0 Å². The van der Waals surface area contributed by atoms with Gasteiger partial charge in [-0.05, 0) is 67.3 Å². The van der Waals surface area contributed by atoms with Crippen molar-refractivity contribution in [3.8, 4) is 34.5 Å². The highest BCUT2D eigenvalue weighted by molar-refractivity contribution is 5.84. The maximum atomic E-state index is 9.01. The zero-order chi connectivity index (χ0) is 27.5. The Morgan fingerprint density at radius 1 is 1.00 bits per heavy atom. The fraction of sp³-hybridized carbons (Fsp3) is 0.250. The van der Waals surface area contributed by atoms with E-state index >= 15 is 0 Å². The third kappa shape index (κ3) is 5.24. The molecule has 3 aromatic heterocycles. The number of benzene rings is 2. The zero-order valence-electron chi connectivity index (χ0n) is 22.6. The van der Waals surface area contributed by atoms with Gasteiger partial charge in [0.05, 0.1) is 11.3 Å². The zero-order valence-corrected chi connectivity index (χ0v) is 22.6. The molecule has 40 heavy (non-hydrogen) atoms. The molecule has 1 aliphatic heterocycles. The van der Waals surface area contributed by atoms with Crippen molar-refractivity contribution in [2.75, 3.05) is 32.4 Å². The number of nitrogens with two attached hydrogens (primary N) is 1. The first kappa shape index (κ1) is 25.5. The molecular formula is C32H32N8. The molecule has 1 atom stereocenters. The van der Waals surface area contributed by atoms with Crippen LogP contribution in [0.2, 0.25) is 0 Å². The van der Waals surface area contributed by atoms with E-state index in [1.807, 2.05) is 49.5 Å². The second-order valence-corrected chi connectivity index (χ2v) is 10.5. The molecule has 0 aliphatic carbocycles. The molecule has 200 valence electrons. The highest BCUT2D eigenvalue weighted by atomic mass is 15.2. The third-order valence-electron chi connectivity index (χ3n) is 7.67. The average molecular weight is 529 g/mol. The van der Waals surface area contributed by atoms with Crippen LogP contribution in [0.5, 0.6) is 0 Å². The van der Waals surface area contributed by atoms with Crippen LogP contribution in [0.4, 0.5) is 5.82 Å². The van der Waals surface area contributed by atoms with Crippen LogP contribution in [0.1, 0.15) is 18.4 Å². The third-order valence-corrected chi connectivity index (χ3v) is 7.67. The predicted molar refractivity (Wildman–Crippen MR) is 158 cm³/mol. The number of anilines is 1. The summed E-state index contributed by atoms with van der Waals surface area (Å²) < 4.78 is 2.08. The summed E-state index contributed by atoms with van der Waals surface area (Å²) in [5, 5.41) is 9.01. The number of hydrogen-bond acceptors (Lipinski definition) is 7. The molecule has 1 saturated heterocycles. The number of nitrogen functional groups attached to an aromatic ring is 1. The second kappa shape index (κ2) is 11.2. The lowest BCUT2D eigenvalue weighted by Crippen LogP contribution is -2.22. The number of rotatable bonds is 8. The summed E-state index contributed by atoms with van der Waals surface area (Å²) in [6, 6.07) is 26.7. The van der Waals surface area contributed by atoms with E-state index in [2.05, 4.69) is 57.0 Å². The van der Waals surface area contributed by atoms with Crippen LogP contribution in [0.3, 0.4) is 0 Å². The molecule has 0 spiro atoms. The molecule has 2 aromatic carbocycles. The maximum absolute atomic E-state index is 9.01. The van der Waals surface area contributed by atoms with Gasteiger partial charge in [0.25, 0.3) is 0 Å². The molecule has 1 aliphatic rings. The van der Waals surface area contributed by atoms with Crippen LogP contribution < -0.4 is 5.73 Å². The Morgan fingerprint density at radius 3 is 2.60 bits per heavy atom. The van der Waals surface area contributed by atoms with Crippen LogP contribution in [-0.2, 0) is 6.54 Å². The van der Waals surface area contributed by atoms with Gasteiger partial charge in [0, 0.05) is 44.1 Å². The van der Waals surface area contributed by atoms with E-state index in [9.17, 15) is 0 Å². The van der Waals surface area contributed by atoms with E-state index in [0.717, 1.165) is 72.1 Å². The van der Waals surface area contributed by atoms with Crippen LogP contribution >= 0.6 is 0 Å². The molecule has 8 heteroatoms. The van der Waals surface area contributed by atoms with Gasteiger partial charge >= 0.3 is 0 Å². The van der Waals surface area contributed by atoms with Gasteiger partial charge in [0.2, 0.25) is 0 Å². The highest BCUT2D eigenvalue weighted by Crippen LogP contribution is 2.32. The quantitative estimate of drug-likeness (QED) is 0.214. The van der Waals surface area contributed by atoms with Gasteiger partial charge in [-0.15, -0.1) is 0 Å². The number of imidazole rings is 1. The lowest BCUT2D eigenvalue weighted by molar-refractivity contribution is 0.306. The van der Waals surface area contributed by atoms with E-state index in [4.69, 9.17) is 21.0 Å². The number of nitriles is 1. The van der Waals surface area contributed by atoms with Crippen molar-refractivity contribution >= 4 is 17.0 Å². The molecule has 0 saturated carbocycles. The summed E-state index contributed by atoms with van der Waals surface area (Å²) in [5.41, 5.74) is 12.8. The fourth-order valence-electron chi connectivity index (χ4n) is 5.49. The molecule has 1 fully saturated rings. The van der Waals surface area contributed by atoms with E-state index in [-0.39, 0.29) is 0 Å². The monoisotopic (exact) mass is 528 g/mol. The topological polar surface area (TPSA) is 99.9 Å². The van der Waals surface area contributed by atoms with Gasteiger partial charge in [-0.25, -0.2) is 15.0 Å². The highest BCUT2D eigenvalue weighted by Gasteiger charge is 2.23. The lowest BCUT2D eigenvalue weighted by atomic mass is 10.1. The summed E-state index contributed by atoms with van der Waals surface area (Å²) >= 11 is 0. The second-order valence-electron chi connectivity index (χ2n) is 10.5. The van der Waals surface area contributed by atoms with Crippen molar-refractivity contribution in [2.45, 2.75) is 19.4 Å². The normalized spacial score (nSPS) is 15.3. The molecule has 8 nitrogen and oxygen atoms in total. The minimum absolute atomic E-state index is 0.434. The summed E-state index contributed by atoms with van der Waals surface area (Å²) in [7, 11) is 1.85. The molecule has 6 rings (SSSR count). The summed E-state index contributed by atoms with van der Waals surface area (Å²) in [6.07, 6.45) is 6.13. The van der Waals surface area contributed by atoms with Crippen molar-refractivity contribution < 1.29 is 0 Å². The fourth-order valence-corrected chi connectivity index (χ4v) is 5.49. The molecule has 0 amide bonds. The SMILES string of the molecule is CN(C#N)CCC1CCN(Cc2ccc(-n3c(-c4cccnc4N)nc4ccc(-c5ccccc5)nc43)cc2)C1. The average Bonchev–Trinajstić information content (AvgIpc) is 3.61. The maximum Gasteiger partial charge on any atom is 0.179 e. The summed E-state index contributed by atoms with van der Waals surface area (Å²) in [4.78, 5) is 18.5. The van der Waals surface area contributed by atoms with Gasteiger partial charge in [0.15, 0.2) is 17.7 Å². The number of nitrogens with zero attached hydrogens (tertiary/aromatic N) is 7. The Bertz CT molecular complexity index is 1650. The predicted octanol–water partition coefficient (Wildman–Crippen LogP) is 5.36. The van der Waals surface area contributed by atoms with Crippen molar-refractivity contribution in [3.05, 3.63) is 90.6 Å². The summed E-state index contributed by atoms with van der Waals surface area (Å²) in [5.74, 6) is 1.80. The number of aromatic nitrogens is 4.